The maximum absolute atomic E-state index is 12.8. The lowest BCUT2D eigenvalue weighted by Gasteiger charge is -2.20. The molecule has 4 aromatic rings. The fraction of sp³-hybridized carbons (Fsp3) is 0.200. The highest BCUT2D eigenvalue weighted by atomic mass is 79.9. The van der Waals surface area contributed by atoms with Gasteiger partial charge in [-0.15, -0.1) is 0 Å². The van der Waals surface area contributed by atoms with Gasteiger partial charge < -0.3 is 4.74 Å². The van der Waals surface area contributed by atoms with E-state index in [1.54, 1.807) is 26.0 Å². The first-order valence-corrected chi connectivity index (χ1v) is 14.7. The van der Waals surface area contributed by atoms with Crippen LogP contribution in [-0.4, -0.2) is 26.6 Å². The van der Waals surface area contributed by atoms with Gasteiger partial charge >= 0.3 is 0 Å². The molecular weight excluding hydrogens is 578 g/mol. The summed E-state index contributed by atoms with van der Waals surface area (Å²) in [6.07, 6.45) is 1.49. The third kappa shape index (κ3) is 7.32. The summed E-state index contributed by atoms with van der Waals surface area (Å²) in [6, 6.07) is 25.2. The third-order valence-electron chi connectivity index (χ3n) is 6.17. The Balaban J connectivity index is 1.38. The molecular formula is C30H30BrN3O4S. The molecule has 0 heterocycles. The quantitative estimate of drug-likeness (QED) is 0.172. The van der Waals surface area contributed by atoms with Gasteiger partial charge in [0.2, 0.25) is 10.0 Å². The van der Waals surface area contributed by atoms with Gasteiger partial charge in [-0.3, -0.25) is 4.79 Å². The molecule has 0 saturated heterocycles. The van der Waals surface area contributed by atoms with Gasteiger partial charge in [0, 0.05) is 0 Å². The monoisotopic (exact) mass is 607 g/mol. The van der Waals surface area contributed by atoms with Gasteiger partial charge in [0.15, 0.2) is 0 Å². The van der Waals surface area contributed by atoms with E-state index in [2.05, 4.69) is 49.4 Å². The smallest absolute Gasteiger partial charge is 0.258 e. The Morgan fingerprint density at radius 3 is 2.44 bits per heavy atom. The fourth-order valence-corrected chi connectivity index (χ4v) is 5.83. The Morgan fingerprint density at radius 1 is 1.00 bits per heavy atom. The van der Waals surface area contributed by atoms with Gasteiger partial charge in [-0.2, -0.15) is 9.82 Å². The molecule has 1 atom stereocenters. The maximum Gasteiger partial charge on any atom is 0.258 e. The molecule has 9 heteroatoms. The van der Waals surface area contributed by atoms with E-state index < -0.39 is 22.0 Å². The Morgan fingerprint density at radius 2 is 1.72 bits per heavy atom. The SMILES string of the molecule is Cc1ccc(S(=O)(=O)N[C@H](C(=O)N/N=C\c2ccc(OCc3cccc4ccccc34)c(Br)c2)C(C)C)cc1. The van der Waals surface area contributed by atoms with Crippen LogP contribution in [0.4, 0.5) is 0 Å². The van der Waals surface area contributed by atoms with Crippen LogP contribution in [0, 0.1) is 12.8 Å². The molecule has 0 aliphatic rings. The van der Waals surface area contributed by atoms with Gasteiger partial charge in [0.25, 0.3) is 5.91 Å². The number of carbonyl (C=O) groups is 1. The summed E-state index contributed by atoms with van der Waals surface area (Å²) in [5, 5.41) is 6.35. The molecule has 4 rings (SSSR count). The van der Waals surface area contributed by atoms with Crippen molar-refractivity contribution in [1.29, 1.82) is 0 Å². The summed E-state index contributed by atoms with van der Waals surface area (Å²) in [5.74, 6) is -0.173. The molecule has 0 spiro atoms. The first-order chi connectivity index (χ1) is 18.6. The van der Waals surface area contributed by atoms with Gasteiger partial charge in [0.1, 0.15) is 18.4 Å². The lowest BCUT2D eigenvalue weighted by Crippen LogP contribution is -2.48. The molecule has 0 aromatic heterocycles. The average molecular weight is 609 g/mol. The standard InChI is InChI=1S/C30H30BrN3O4S/c1-20(2)29(34-39(36,37)25-14-11-21(3)12-15-25)30(35)33-32-18-22-13-16-28(27(31)17-22)38-19-24-9-6-8-23-7-4-5-10-26(23)24/h4-18,20,29,34H,19H2,1-3H3,(H,33,35)/b32-18-/t29-/m0/s1. The van der Waals surface area contributed by atoms with E-state index >= 15 is 0 Å². The topological polar surface area (TPSA) is 96.9 Å². The molecule has 39 heavy (non-hydrogen) atoms. The van der Waals surface area contributed by atoms with Gasteiger partial charge in [-0.1, -0.05) is 74.0 Å². The summed E-state index contributed by atoms with van der Waals surface area (Å²) < 4.78 is 34.9. The Bertz CT molecular complexity index is 1600. The predicted molar refractivity (Wildman–Crippen MR) is 158 cm³/mol. The number of ether oxygens (including phenoxy) is 1. The van der Waals surface area contributed by atoms with E-state index in [-0.39, 0.29) is 10.8 Å². The molecule has 0 aliphatic carbocycles. The van der Waals surface area contributed by atoms with Crippen LogP contribution in [0.1, 0.15) is 30.5 Å². The minimum absolute atomic E-state index is 0.0997. The number of carbonyl (C=O) groups excluding carboxylic acids is 1. The summed E-state index contributed by atoms with van der Waals surface area (Å²) in [5.41, 5.74) is 5.20. The average Bonchev–Trinajstić information content (AvgIpc) is 2.91. The Labute approximate surface area is 237 Å². The molecule has 0 radical (unpaired) electrons. The number of nitrogens with zero attached hydrogens (tertiary/aromatic N) is 1. The molecule has 7 nitrogen and oxygen atoms in total. The van der Waals surface area contributed by atoms with E-state index in [0.717, 1.165) is 31.9 Å². The number of nitrogens with one attached hydrogen (secondary N) is 2. The molecule has 0 aliphatic heterocycles. The van der Waals surface area contributed by atoms with E-state index in [0.29, 0.717) is 12.4 Å². The van der Waals surface area contributed by atoms with Crippen LogP contribution in [0.2, 0.25) is 0 Å². The third-order valence-corrected chi connectivity index (χ3v) is 8.25. The number of aryl methyl sites for hydroxylation is 1. The largest absolute Gasteiger partial charge is 0.488 e. The number of rotatable bonds is 10. The number of hydrogen-bond donors (Lipinski definition) is 2. The fourth-order valence-electron chi connectivity index (χ4n) is 3.97. The summed E-state index contributed by atoms with van der Waals surface area (Å²) in [4.78, 5) is 12.9. The summed E-state index contributed by atoms with van der Waals surface area (Å²) in [7, 11) is -3.87. The van der Waals surface area contributed by atoms with Crippen molar-refractivity contribution in [3.63, 3.8) is 0 Å². The molecule has 4 aromatic carbocycles. The Hall–Kier alpha value is -3.53. The first-order valence-electron chi connectivity index (χ1n) is 12.4. The normalized spacial score (nSPS) is 12.6. The van der Waals surface area contributed by atoms with Crippen molar-refractivity contribution >= 4 is 48.8 Å². The lowest BCUT2D eigenvalue weighted by atomic mass is 10.1. The van der Waals surface area contributed by atoms with E-state index in [1.165, 1.54) is 18.3 Å². The molecule has 0 fully saturated rings. The molecule has 0 unspecified atom stereocenters. The van der Waals surface area contributed by atoms with Crippen LogP contribution in [0.5, 0.6) is 5.75 Å². The minimum atomic E-state index is -3.87. The van der Waals surface area contributed by atoms with E-state index in [4.69, 9.17) is 4.74 Å². The second kappa shape index (κ2) is 12.5. The molecule has 0 saturated carbocycles. The number of benzene rings is 4. The maximum atomic E-state index is 12.8. The van der Waals surface area contributed by atoms with Crippen LogP contribution in [0.25, 0.3) is 10.8 Å². The second-order valence-corrected chi connectivity index (χ2v) is 12.1. The molecule has 1 amide bonds. The number of fused-ring (bicyclic) bond motifs is 1. The zero-order valence-electron chi connectivity index (χ0n) is 21.9. The van der Waals surface area contributed by atoms with Crippen molar-refractivity contribution in [2.75, 3.05) is 0 Å². The van der Waals surface area contributed by atoms with Gasteiger partial charge in [-0.25, -0.2) is 13.8 Å². The van der Waals surface area contributed by atoms with Crippen LogP contribution >= 0.6 is 15.9 Å². The van der Waals surface area contributed by atoms with Crippen molar-refractivity contribution in [2.24, 2.45) is 11.0 Å². The van der Waals surface area contributed by atoms with Crippen molar-refractivity contribution in [3.8, 4) is 5.75 Å². The van der Waals surface area contributed by atoms with Gasteiger partial charge in [0.05, 0.1) is 15.6 Å². The van der Waals surface area contributed by atoms with Gasteiger partial charge in [-0.05, 0) is 81.0 Å². The highest BCUT2D eigenvalue weighted by molar-refractivity contribution is 9.10. The van der Waals surface area contributed by atoms with Crippen LogP contribution in [0.15, 0.2) is 99.4 Å². The van der Waals surface area contributed by atoms with E-state index in [9.17, 15) is 13.2 Å². The zero-order chi connectivity index (χ0) is 28.0. The van der Waals surface area contributed by atoms with Crippen LogP contribution < -0.4 is 14.9 Å². The van der Waals surface area contributed by atoms with Crippen molar-refractivity contribution < 1.29 is 17.9 Å². The predicted octanol–water partition coefficient (Wildman–Crippen LogP) is 5.94. The van der Waals surface area contributed by atoms with Crippen LogP contribution in [0.3, 0.4) is 0 Å². The number of halogens is 1. The number of hydrazone groups is 1. The van der Waals surface area contributed by atoms with Crippen molar-refractivity contribution in [3.05, 3.63) is 106 Å². The molecule has 2 N–H and O–H groups in total. The highest BCUT2D eigenvalue weighted by Crippen LogP contribution is 2.27. The zero-order valence-corrected chi connectivity index (χ0v) is 24.3. The highest BCUT2D eigenvalue weighted by Gasteiger charge is 2.28. The summed E-state index contributed by atoms with van der Waals surface area (Å²) in [6.45, 7) is 5.82. The van der Waals surface area contributed by atoms with E-state index in [1.807, 2.05) is 49.4 Å². The van der Waals surface area contributed by atoms with Crippen LogP contribution in [-0.2, 0) is 21.4 Å². The Kier molecular flexibility index (Phi) is 9.16. The molecule has 202 valence electrons. The first kappa shape index (κ1) is 28.5. The minimum Gasteiger partial charge on any atom is -0.488 e. The lowest BCUT2D eigenvalue weighted by molar-refractivity contribution is -0.123. The second-order valence-electron chi connectivity index (χ2n) is 9.51. The van der Waals surface area contributed by atoms with Crippen molar-refractivity contribution in [2.45, 2.75) is 38.3 Å². The number of sulfonamides is 1. The summed E-state index contributed by atoms with van der Waals surface area (Å²) >= 11 is 3.54. The van der Waals surface area contributed by atoms with Crippen molar-refractivity contribution in [1.82, 2.24) is 10.1 Å². The molecule has 0 bridgehead atoms. The number of hydrogen-bond acceptors (Lipinski definition) is 5. The number of amides is 1.